The minimum atomic E-state index is -0.370. The van der Waals surface area contributed by atoms with Gasteiger partial charge in [-0.15, -0.1) is 0 Å². The Morgan fingerprint density at radius 1 is 1.06 bits per heavy atom. The molecule has 2 heterocycles. The van der Waals surface area contributed by atoms with E-state index in [2.05, 4.69) is 19.2 Å². The van der Waals surface area contributed by atoms with Crippen molar-refractivity contribution < 1.29 is 4.79 Å². The number of halogens is 1. The second kappa shape index (κ2) is 7.34. The second-order valence-corrected chi connectivity index (χ2v) is 9.60. The Kier molecular flexibility index (Phi) is 4.74. The molecule has 6 heteroatoms. The van der Waals surface area contributed by atoms with Crippen LogP contribution in [0.1, 0.15) is 44.0 Å². The van der Waals surface area contributed by atoms with Crippen molar-refractivity contribution in [1.29, 1.82) is 0 Å². The van der Waals surface area contributed by atoms with Crippen LogP contribution in [0.4, 0.5) is 11.4 Å². The van der Waals surface area contributed by atoms with Gasteiger partial charge in [-0.3, -0.25) is 9.79 Å². The van der Waals surface area contributed by atoms with E-state index in [1.807, 2.05) is 61.5 Å². The number of carbonyl (C=O) groups is 1. The molecule has 0 unspecified atom stereocenters. The molecule has 1 saturated carbocycles. The number of aromatic nitrogens is 2. The number of aryl methyl sites for hydroxylation is 1. The summed E-state index contributed by atoms with van der Waals surface area (Å²) in [4.78, 5) is 18.4. The van der Waals surface area contributed by atoms with Gasteiger partial charge >= 0.3 is 0 Å². The lowest BCUT2D eigenvalue weighted by Gasteiger charge is -2.37. The highest BCUT2D eigenvalue weighted by atomic mass is 35.5. The molecule has 5 rings (SSSR count). The number of para-hydroxylation sites is 3. The van der Waals surface area contributed by atoms with Gasteiger partial charge in [0.1, 0.15) is 10.9 Å². The van der Waals surface area contributed by atoms with E-state index in [9.17, 15) is 4.79 Å². The molecule has 0 amide bonds. The van der Waals surface area contributed by atoms with Gasteiger partial charge in [0.25, 0.3) is 0 Å². The molecule has 2 aromatic carbocycles. The van der Waals surface area contributed by atoms with Crippen molar-refractivity contribution >= 4 is 34.5 Å². The van der Waals surface area contributed by atoms with Gasteiger partial charge in [0, 0.05) is 17.7 Å². The average molecular weight is 433 g/mol. The topological polar surface area (TPSA) is 59.3 Å². The summed E-state index contributed by atoms with van der Waals surface area (Å²) in [5, 5.41) is 8.86. The molecule has 1 aromatic heterocycles. The minimum Gasteiger partial charge on any atom is -0.375 e. The lowest BCUT2D eigenvalue weighted by Crippen LogP contribution is -2.42. The summed E-state index contributed by atoms with van der Waals surface area (Å²) in [6.07, 6.45) is 1.30. The zero-order valence-corrected chi connectivity index (χ0v) is 18.6. The number of nitrogens with one attached hydrogen (secondary N) is 1. The molecule has 0 saturated heterocycles. The van der Waals surface area contributed by atoms with Crippen molar-refractivity contribution in [2.75, 3.05) is 5.32 Å². The summed E-state index contributed by atoms with van der Waals surface area (Å²) >= 11 is 6.92. The zero-order valence-electron chi connectivity index (χ0n) is 17.9. The fourth-order valence-electron chi connectivity index (χ4n) is 4.86. The molecule has 0 bridgehead atoms. The third-order valence-corrected chi connectivity index (χ3v) is 6.55. The SMILES string of the molecule is Cc1nn(-c2ccccc2)c(Cl)c1[C@@H]1Nc2ccccc2N=C2CC(C)(C)CC(=O)[C@@H]21. The highest BCUT2D eigenvalue weighted by molar-refractivity contribution is 6.31. The van der Waals surface area contributed by atoms with Crippen LogP contribution < -0.4 is 5.32 Å². The van der Waals surface area contributed by atoms with E-state index in [1.165, 1.54) is 0 Å². The number of aliphatic imine (C=N–C) groups is 1. The van der Waals surface area contributed by atoms with Crippen LogP contribution in [0.5, 0.6) is 0 Å². The van der Waals surface area contributed by atoms with Crippen molar-refractivity contribution in [1.82, 2.24) is 9.78 Å². The molecule has 1 N–H and O–H groups in total. The van der Waals surface area contributed by atoms with E-state index in [0.717, 1.165) is 40.5 Å². The molecule has 0 spiro atoms. The number of nitrogens with zero attached hydrogens (tertiary/aromatic N) is 3. The number of fused-ring (bicyclic) bond motifs is 2. The van der Waals surface area contributed by atoms with Gasteiger partial charge in [0.2, 0.25) is 0 Å². The first kappa shape index (κ1) is 20.0. The van der Waals surface area contributed by atoms with Crippen molar-refractivity contribution in [2.24, 2.45) is 16.3 Å². The summed E-state index contributed by atoms with van der Waals surface area (Å²) in [6, 6.07) is 17.4. The Morgan fingerprint density at radius 2 is 1.77 bits per heavy atom. The number of rotatable bonds is 2. The molecule has 158 valence electrons. The Labute approximate surface area is 187 Å². The maximum Gasteiger partial charge on any atom is 0.144 e. The minimum absolute atomic E-state index is 0.108. The summed E-state index contributed by atoms with van der Waals surface area (Å²) in [7, 11) is 0. The predicted octanol–water partition coefficient (Wildman–Crippen LogP) is 6.08. The van der Waals surface area contributed by atoms with Gasteiger partial charge in [-0.2, -0.15) is 5.10 Å². The quantitative estimate of drug-likeness (QED) is 0.533. The van der Waals surface area contributed by atoms with Crippen molar-refractivity contribution in [3.05, 3.63) is 71.0 Å². The molecule has 1 aliphatic heterocycles. The first-order chi connectivity index (χ1) is 14.8. The standard InChI is InChI=1S/C25H25ClN4O/c1-15-21(24(26)30(29-15)16-9-5-4-6-10-16)23-22-19(13-25(2,3)14-20(22)31)27-17-11-7-8-12-18(17)28-23/h4-12,22-23,28H,13-14H2,1-3H3/t22-,23+/m1/s1. The summed E-state index contributed by atoms with van der Waals surface area (Å²) < 4.78 is 1.75. The lowest BCUT2D eigenvalue weighted by atomic mass is 9.68. The first-order valence-electron chi connectivity index (χ1n) is 10.6. The van der Waals surface area contributed by atoms with Gasteiger partial charge in [0.05, 0.1) is 34.7 Å². The number of hydrogen-bond acceptors (Lipinski definition) is 4. The van der Waals surface area contributed by atoms with Crippen molar-refractivity contribution in [3.8, 4) is 5.69 Å². The van der Waals surface area contributed by atoms with Crippen LogP contribution in [0.15, 0.2) is 59.6 Å². The summed E-state index contributed by atoms with van der Waals surface area (Å²) in [5.41, 5.74) is 5.13. The van der Waals surface area contributed by atoms with Crippen LogP contribution in [0, 0.1) is 18.3 Å². The van der Waals surface area contributed by atoms with Gasteiger partial charge in [-0.05, 0) is 43.0 Å². The van der Waals surface area contributed by atoms with Crippen LogP contribution in [0.25, 0.3) is 5.69 Å². The monoisotopic (exact) mass is 432 g/mol. The number of Topliss-reactive ketones (excluding diaryl/α,β-unsaturated/α-hetero) is 1. The fourth-order valence-corrected chi connectivity index (χ4v) is 5.25. The third kappa shape index (κ3) is 3.47. The zero-order chi connectivity index (χ0) is 21.8. The molecule has 1 fully saturated rings. The lowest BCUT2D eigenvalue weighted by molar-refractivity contribution is -0.124. The Morgan fingerprint density at radius 3 is 2.55 bits per heavy atom. The van der Waals surface area contributed by atoms with E-state index < -0.39 is 0 Å². The maximum absolute atomic E-state index is 13.4. The van der Waals surface area contributed by atoms with E-state index >= 15 is 0 Å². The molecule has 2 atom stereocenters. The summed E-state index contributed by atoms with van der Waals surface area (Å²) in [5.74, 6) is -0.173. The molecule has 5 nitrogen and oxygen atoms in total. The normalized spacial score (nSPS) is 22.1. The van der Waals surface area contributed by atoms with Crippen molar-refractivity contribution in [2.45, 2.75) is 39.7 Å². The highest BCUT2D eigenvalue weighted by Crippen LogP contribution is 2.46. The Balaban J connectivity index is 1.68. The Bertz CT molecular complexity index is 1200. The van der Waals surface area contributed by atoms with Crippen LogP contribution in [0.2, 0.25) is 5.15 Å². The van der Waals surface area contributed by atoms with E-state index in [-0.39, 0.29) is 23.2 Å². The third-order valence-electron chi connectivity index (χ3n) is 6.19. The second-order valence-electron chi connectivity index (χ2n) is 9.24. The molecular weight excluding hydrogens is 408 g/mol. The first-order valence-corrected chi connectivity index (χ1v) is 11.0. The number of hydrogen-bond donors (Lipinski definition) is 1. The molecule has 2 aliphatic rings. The number of carbonyl (C=O) groups excluding carboxylic acids is 1. The van der Waals surface area contributed by atoms with Crippen LogP contribution in [-0.4, -0.2) is 21.3 Å². The smallest absolute Gasteiger partial charge is 0.144 e. The van der Waals surface area contributed by atoms with Crippen LogP contribution >= 0.6 is 11.6 Å². The fraction of sp³-hybridized carbons (Fsp3) is 0.320. The number of ketones is 1. The predicted molar refractivity (Wildman–Crippen MR) is 125 cm³/mol. The average Bonchev–Trinajstić information content (AvgIpc) is 2.92. The van der Waals surface area contributed by atoms with Gasteiger partial charge < -0.3 is 5.32 Å². The summed E-state index contributed by atoms with van der Waals surface area (Å²) in [6.45, 7) is 6.22. The van der Waals surface area contributed by atoms with E-state index in [1.54, 1.807) is 4.68 Å². The molecule has 0 radical (unpaired) electrons. The Hall–Kier alpha value is -2.92. The molecule has 3 aromatic rings. The molecule has 31 heavy (non-hydrogen) atoms. The highest BCUT2D eigenvalue weighted by Gasteiger charge is 2.45. The van der Waals surface area contributed by atoms with Crippen LogP contribution in [-0.2, 0) is 4.79 Å². The van der Waals surface area contributed by atoms with Crippen LogP contribution in [0.3, 0.4) is 0 Å². The molecular formula is C25H25ClN4O. The maximum atomic E-state index is 13.4. The van der Waals surface area contributed by atoms with E-state index in [0.29, 0.717) is 11.6 Å². The number of benzene rings is 2. The van der Waals surface area contributed by atoms with E-state index in [4.69, 9.17) is 21.7 Å². The van der Waals surface area contributed by atoms with Gasteiger partial charge in [0.15, 0.2) is 0 Å². The number of anilines is 1. The van der Waals surface area contributed by atoms with Crippen molar-refractivity contribution in [3.63, 3.8) is 0 Å². The largest absolute Gasteiger partial charge is 0.375 e. The van der Waals surface area contributed by atoms with Gasteiger partial charge in [-0.1, -0.05) is 55.8 Å². The van der Waals surface area contributed by atoms with Gasteiger partial charge in [-0.25, -0.2) is 4.68 Å². The molecule has 1 aliphatic carbocycles.